The van der Waals surface area contributed by atoms with E-state index in [9.17, 15) is 23.1 Å². The number of carbonyl (C=O) groups is 1. The molecule has 0 radical (unpaired) electrons. The number of nitrogens with one attached hydrogen (secondary N) is 1. The van der Waals surface area contributed by atoms with Gasteiger partial charge < -0.3 is 10.4 Å². The van der Waals surface area contributed by atoms with Crippen LogP contribution < -0.4 is 5.32 Å². The van der Waals surface area contributed by atoms with E-state index in [2.05, 4.69) is 5.32 Å². The van der Waals surface area contributed by atoms with E-state index in [1.165, 1.54) is 12.1 Å². The second kappa shape index (κ2) is 6.19. The maximum Gasteiger partial charge on any atom is 0.426 e. The summed E-state index contributed by atoms with van der Waals surface area (Å²) in [7, 11) is 0. The van der Waals surface area contributed by atoms with Gasteiger partial charge in [0.2, 0.25) is 5.60 Å². The first-order chi connectivity index (χ1) is 11.8. The number of rotatable bonds is 5. The van der Waals surface area contributed by atoms with Crippen molar-refractivity contribution >= 4 is 11.6 Å². The average Bonchev–Trinajstić information content (AvgIpc) is 3.36. The Morgan fingerprint density at radius 2 is 1.52 bits per heavy atom. The third-order valence-corrected chi connectivity index (χ3v) is 4.71. The zero-order chi connectivity index (χ0) is 18.1. The number of aliphatic hydroxyl groups is 1. The van der Waals surface area contributed by atoms with Crippen LogP contribution >= 0.6 is 0 Å². The molecule has 6 heteroatoms. The van der Waals surface area contributed by atoms with Crippen LogP contribution in [0, 0.1) is 0 Å². The molecule has 1 unspecified atom stereocenters. The summed E-state index contributed by atoms with van der Waals surface area (Å²) < 4.78 is 40.9. The largest absolute Gasteiger partial charge is 0.426 e. The molecule has 0 saturated heterocycles. The predicted molar refractivity (Wildman–Crippen MR) is 88.0 cm³/mol. The second-order valence-electron chi connectivity index (χ2n) is 6.50. The Morgan fingerprint density at radius 3 is 2.00 bits per heavy atom. The highest BCUT2D eigenvalue weighted by atomic mass is 19.4. The average molecular weight is 349 g/mol. The minimum atomic E-state index is -5.07. The topological polar surface area (TPSA) is 49.3 Å². The van der Waals surface area contributed by atoms with Crippen LogP contribution in [0.25, 0.3) is 0 Å². The van der Waals surface area contributed by atoms with Crippen molar-refractivity contribution in [3.05, 3.63) is 66.2 Å². The molecule has 0 aliphatic heterocycles. The molecular weight excluding hydrogens is 331 g/mol. The number of anilines is 1. The van der Waals surface area contributed by atoms with Crippen molar-refractivity contribution in [2.45, 2.75) is 36.5 Å². The van der Waals surface area contributed by atoms with E-state index >= 15 is 0 Å². The first kappa shape index (κ1) is 17.5. The van der Waals surface area contributed by atoms with Crippen molar-refractivity contribution < 1.29 is 23.1 Å². The lowest BCUT2D eigenvalue weighted by Crippen LogP contribution is -2.56. The summed E-state index contributed by atoms with van der Waals surface area (Å²) in [6.07, 6.45) is -4.75. The fourth-order valence-electron chi connectivity index (χ4n) is 3.07. The minimum Gasteiger partial charge on any atom is -0.373 e. The molecule has 3 nitrogen and oxygen atoms in total. The van der Waals surface area contributed by atoms with Crippen LogP contribution in [0.5, 0.6) is 0 Å². The molecule has 2 aromatic rings. The van der Waals surface area contributed by atoms with Crippen molar-refractivity contribution in [2.75, 3.05) is 5.32 Å². The molecule has 132 valence electrons. The van der Waals surface area contributed by atoms with E-state index < -0.39 is 29.5 Å². The van der Waals surface area contributed by atoms with Crippen LogP contribution in [0.2, 0.25) is 0 Å². The molecule has 0 spiro atoms. The zero-order valence-corrected chi connectivity index (χ0v) is 13.4. The van der Waals surface area contributed by atoms with Crippen molar-refractivity contribution in [2.24, 2.45) is 0 Å². The van der Waals surface area contributed by atoms with E-state index in [1.54, 1.807) is 48.5 Å². The van der Waals surface area contributed by atoms with Crippen LogP contribution in [-0.4, -0.2) is 22.8 Å². The quantitative estimate of drug-likeness (QED) is 0.856. The summed E-state index contributed by atoms with van der Waals surface area (Å²) in [4.78, 5) is 12.3. The molecular formula is C19H18F3NO2. The summed E-state index contributed by atoms with van der Waals surface area (Å²) in [5, 5.41) is 12.6. The monoisotopic (exact) mass is 349 g/mol. The van der Waals surface area contributed by atoms with Crippen LogP contribution in [0.4, 0.5) is 18.9 Å². The van der Waals surface area contributed by atoms with Gasteiger partial charge in [0.05, 0.1) is 0 Å². The molecule has 0 heterocycles. The van der Waals surface area contributed by atoms with Gasteiger partial charge in [-0.05, 0) is 36.0 Å². The van der Waals surface area contributed by atoms with Gasteiger partial charge in [-0.15, -0.1) is 0 Å². The number of hydrogen-bond acceptors (Lipinski definition) is 2. The SMILES string of the molecule is O=C(Nc1ccccc1)C(O)(CC1(c2ccccc2)CC1)C(F)(F)F. The highest BCUT2D eigenvalue weighted by molar-refractivity contribution is 5.98. The molecule has 2 aromatic carbocycles. The van der Waals surface area contributed by atoms with Gasteiger partial charge in [0.25, 0.3) is 5.91 Å². The molecule has 1 atom stereocenters. The first-order valence-corrected chi connectivity index (χ1v) is 7.98. The highest BCUT2D eigenvalue weighted by Crippen LogP contribution is 2.55. The fraction of sp³-hybridized carbons (Fsp3) is 0.316. The van der Waals surface area contributed by atoms with Gasteiger partial charge >= 0.3 is 6.18 Å². The third kappa shape index (κ3) is 3.39. The van der Waals surface area contributed by atoms with Gasteiger partial charge in [0, 0.05) is 12.1 Å². The molecule has 25 heavy (non-hydrogen) atoms. The summed E-state index contributed by atoms with van der Waals surface area (Å²) in [6.45, 7) is 0. The lowest BCUT2D eigenvalue weighted by atomic mass is 9.82. The summed E-state index contributed by atoms with van der Waals surface area (Å²) in [5.74, 6) is -1.45. The Morgan fingerprint density at radius 1 is 1.00 bits per heavy atom. The molecule has 1 fully saturated rings. The molecule has 2 N–H and O–H groups in total. The van der Waals surface area contributed by atoms with Crippen molar-refractivity contribution in [1.82, 2.24) is 0 Å². The molecule has 1 aliphatic carbocycles. The Labute approximate surface area is 143 Å². The van der Waals surface area contributed by atoms with Gasteiger partial charge in [-0.25, -0.2) is 0 Å². The van der Waals surface area contributed by atoms with Crippen molar-refractivity contribution in [1.29, 1.82) is 0 Å². The smallest absolute Gasteiger partial charge is 0.373 e. The second-order valence-corrected chi connectivity index (χ2v) is 6.50. The van der Waals surface area contributed by atoms with Crippen molar-refractivity contribution in [3.63, 3.8) is 0 Å². The van der Waals surface area contributed by atoms with Crippen LogP contribution in [0.1, 0.15) is 24.8 Å². The van der Waals surface area contributed by atoms with Gasteiger partial charge in [-0.1, -0.05) is 48.5 Å². The molecule has 0 aromatic heterocycles. The number of alkyl halides is 3. The normalized spacial score (nSPS) is 18.2. The molecule has 0 bridgehead atoms. The standard InChI is InChI=1S/C19H18F3NO2/c20-19(21,22)18(25,16(24)23-15-9-5-2-6-10-15)13-17(11-12-17)14-7-3-1-4-8-14/h1-10,25H,11-13H2,(H,23,24). The van der Waals surface area contributed by atoms with Gasteiger partial charge in [-0.2, -0.15) is 13.2 Å². The molecule has 3 rings (SSSR count). The maximum atomic E-state index is 13.6. The number of halogens is 3. The fourth-order valence-corrected chi connectivity index (χ4v) is 3.07. The van der Waals surface area contributed by atoms with E-state index in [4.69, 9.17) is 0 Å². The first-order valence-electron chi connectivity index (χ1n) is 7.98. The number of benzene rings is 2. The summed E-state index contributed by atoms with van der Waals surface area (Å²) in [5.41, 5.74) is -3.35. The minimum absolute atomic E-state index is 0.208. The number of hydrogen-bond donors (Lipinski definition) is 2. The van der Waals surface area contributed by atoms with E-state index in [1.807, 2.05) is 0 Å². The third-order valence-electron chi connectivity index (χ3n) is 4.71. The van der Waals surface area contributed by atoms with Gasteiger partial charge in [0.15, 0.2) is 0 Å². The lowest BCUT2D eigenvalue weighted by Gasteiger charge is -2.33. The van der Waals surface area contributed by atoms with Gasteiger partial charge in [-0.3, -0.25) is 4.79 Å². The van der Waals surface area contributed by atoms with E-state index in [0.717, 1.165) is 0 Å². The van der Waals surface area contributed by atoms with Gasteiger partial charge in [0.1, 0.15) is 0 Å². The Bertz CT molecular complexity index is 742. The van der Waals surface area contributed by atoms with Crippen molar-refractivity contribution in [3.8, 4) is 0 Å². The van der Waals surface area contributed by atoms with Crippen LogP contribution in [-0.2, 0) is 10.2 Å². The Balaban J connectivity index is 1.88. The number of carbonyl (C=O) groups excluding carboxylic acids is 1. The highest BCUT2D eigenvalue weighted by Gasteiger charge is 2.64. The summed E-state index contributed by atoms with van der Waals surface area (Å²) >= 11 is 0. The lowest BCUT2D eigenvalue weighted by molar-refractivity contribution is -0.253. The zero-order valence-electron chi connectivity index (χ0n) is 13.4. The Hall–Kier alpha value is -2.34. The predicted octanol–water partition coefficient (Wildman–Crippen LogP) is 4.04. The number of para-hydroxylation sites is 1. The number of amides is 1. The van der Waals surface area contributed by atoms with E-state index in [-0.39, 0.29) is 5.69 Å². The van der Waals surface area contributed by atoms with Crippen LogP contribution in [0.3, 0.4) is 0 Å². The van der Waals surface area contributed by atoms with Crippen LogP contribution in [0.15, 0.2) is 60.7 Å². The molecule has 1 aliphatic rings. The molecule has 1 amide bonds. The maximum absolute atomic E-state index is 13.6. The molecule has 1 saturated carbocycles. The Kier molecular flexibility index (Phi) is 4.33. The summed E-state index contributed by atoms with van der Waals surface area (Å²) in [6, 6.07) is 16.5. The van der Waals surface area contributed by atoms with E-state index in [0.29, 0.717) is 18.4 Å².